The third kappa shape index (κ3) is 3.38. The predicted molar refractivity (Wildman–Crippen MR) is 63.4 cm³/mol. The molecular weight excluding hydrogens is 290 g/mol. The smallest absolute Gasteiger partial charge is 0.354 e. The molecule has 3 N–H and O–H groups in total. The lowest BCUT2D eigenvalue weighted by Gasteiger charge is -2.22. The van der Waals surface area contributed by atoms with Crippen molar-refractivity contribution in [2.75, 3.05) is 0 Å². The first kappa shape index (κ1) is 16.2. The number of rotatable bonds is 6. The highest BCUT2D eigenvalue weighted by atomic mass is 16.6. The van der Waals surface area contributed by atoms with E-state index in [1.54, 1.807) is 0 Å². The number of nitrogens with zero attached hydrogens (tertiary/aromatic N) is 1. The van der Waals surface area contributed by atoms with Gasteiger partial charge in [-0.1, -0.05) is 0 Å². The Hall–Kier alpha value is -2.85. The van der Waals surface area contributed by atoms with Crippen molar-refractivity contribution < 1.29 is 39.4 Å². The predicted octanol–water partition coefficient (Wildman–Crippen LogP) is -1.12. The van der Waals surface area contributed by atoms with E-state index in [9.17, 15) is 29.6 Å². The molecule has 0 aliphatic rings. The Bertz CT molecular complexity index is 582. The van der Waals surface area contributed by atoms with Gasteiger partial charge in [-0.3, -0.25) is 14.9 Å². The molecule has 1 rings (SSSR count). The number of aldehydes is 1. The summed E-state index contributed by atoms with van der Waals surface area (Å²) in [4.78, 5) is 42.5. The van der Waals surface area contributed by atoms with Crippen LogP contribution in [0.4, 0.5) is 5.69 Å². The van der Waals surface area contributed by atoms with E-state index in [1.807, 2.05) is 0 Å². The number of carboxylic acid groups (broad SMARTS) is 1. The quantitative estimate of drug-likeness (QED) is 0.147. The SMILES string of the molecule is O=C[C@@](O)(C(=O)Oc1ccc([N+](=O)[O-])cc1)[C@H](O)C(=O)O. The minimum absolute atomic E-state index is 0.288. The normalized spacial score (nSPS) is 14.6. The van der Waals surface area contributed by atoms with E-state index in [2.05, 4.69) is 4.74 Å². The lowest BCUT2D eigenvalue weighted by atomic mass is 9.99. The van der Waals surface area contributed by atoms with Gasteiger partial charge in [0.15, 0.2) is 12.4 Å². The number of aliphatic hydroxyl groups is 2. The topological polar surface area (TPSA) is 164 Å². The van der Waals surface area contributed by atoms with E-state index in [1.165, 1.54) is 0 Å². The van der Waals surface area contributed by atoms with Crippen molar-refractivity contribution in [3.05, 3.63) is 34.4 Å². The van der Waals surface area contributed by atoms with E-state index in [0.29, 0.717) is 0 Å². The summed E-state index contributed by atoms with van der Waals surface area (Å²) < 4.78 is 4.51. The summed E-state index contributed by atoms with van der Waals surface area (Å²) >= 11 is 0. The Kier molecular flexibility index (Phi) is 4.68. The van der Waals surface area contributed by atoms with Gasteiger partial charge in [0.1, 0.15) is 5.75 Å². The van der Waals surface area contributed by atoms with Gasteiger partial charge in [-0.2, -0.15) is 0 Å². The van der Waals surface area contributed by atoms with Gasteiger partial charge in [0.05, 0.1) is 4.92 Å². The Labute approximate surface area is 116 Å². The molecule has 112 valence electrons. The van der Waals surface area contributed by atoms with Crippen molar-refractivity contribution in [2.45, 2.75) is 11.7 Å². The standard InChI is InChI=1S/C11H9NO9/c13-5-11(18,8(14)9(15)16)10(17)21-7-3-1-6(2-4-7)12(19)20/h1-5,8,14,18H,(H,15,16)/t8-,11+/m1/s1. The first-order chi connectivity index (χ1) is 9.72. The number of carbonyl (C=O) groups is 3. The molecule has 0 aromatic heterocycles. The number of aliphatic carboxylic acids is 1. The van der Waals surface area contributed by atoms with Crippen molar-refractivity contribution >= 4 is 23.9 Å². The number of aliphatic hydroxyl groups excluding tert-OH is 1. The molecule has 0 saturated carbocycles. The van der Waals surface area contributed by atoms with Crippen LogP contribution in [0.2, 0.25) is 0 Å². The summed E-state index contributed by atoms with van der Waals surface area (Å²) in [6, 6.07) is 3.95. The van der Waals surface area contributed by atoms with Crippen molar-refractivity contribution in [2.24, 2.45) is 0 Å². The highest BCUT2D eigenvalue weighted by Crippen LogP contribution is 2.20. The Balaban J connectivity index is 2.95. The van der Waals surface area contributed by atoms with Crippen LogP contribution in [0.1, 0.15) is 0 Å². The molecule has 1 aromatic rings. The largest absolute Gasteiger partial charge is 0.479 e. The molecule has 0 heterocycles. The van der Waals surface area contributed by atoms with E-state index in [4.69, 9.17) is 10.2 Å². The molecule has 0 aliphatic heterocycles. The third-order valence-electron chi connectivity index (χ3n) is 2.42. The van der Waals surface area contributed by atoms with Crippen molar-refractivity contribution in [3.63, 3.8) is 0 Å². The van der Waals surface area contributed by atoms with Crippen LogP contribution in [0.5, 0.6) is 5.75 Å². The number of non-ortho nitro benzene ring substituents is 1. The molecule has 0 fully saturated rings. The van der Waals surface area contributed by atoms with Crippen molar-refractivity contribution in [1.82, 2.24) is 0 Å². The van der Waals surface area contributed by atoms with E-state index < -0.39 is 34.9 Å². The molecule has 0 saturated heterocycles. The molecule has 10 heteroatoms. The molecule has 0 bridgehead atoms. The van der Waals surface area contributed by atoms with Crippen LogP contribution in [0, 0.1) is 10.1 Å². The molecule has 0 aliphatic carbocycles. The van der Waals surface area contributed by atoms with E-state index >= 15 is 0 Å². The number of benzene rings is 1. The highest BCUT2D eigenvalue weighted by molar-refractivity contribution is 6.02. The summed E-state index contributed by atoms with van der Waals surface area (Å²) in [6.45, 7) is 0. The number of esters is 1. The summed E-state index contributed by atoms with van der Waals surface area (Å²) in [5.41, 5.74) is -3.60. The van der Waals surface area contributed by atoms with Crippen LogP contribution in [0.15, 0.2) is 24.3 Å². The average molecular weight is 299 g/mol. The van der Waals surface area contributed by atoms with E-state index in [-0.39, 0.29) is 11.4 Å². The first-order valence-corrected chi connectivity index (χ1v) is 5.28. The maximum absolute atomic E-state index is 11.6. The van der Waals surface area contributed by atoms with Gasteiger partial charge >= 0.3 is 11.9 Å². The first-order valence-electron chi connectivity index (χ1n) is 5.28. The van der Waals surface area contributed by atoms with Gasteiger partial charge in [0.2, 0.25) is 0 Å². The lowest BCUT2D eigenvalue weighted by Crippen LogP contribution is -2.56. The number of nitro benzene ring substituents is 1. The van der Waals surface area contributed by atoms with Crippen LogP contribution in [-0.2, 0) is 14.4 Å². The lowest BCUT2D eigenvalue weighted by molar-refractivity contribution is -0.384. The fraction of sp³-hybridized carbons (Fsp3) is 0.182. The summed E-state index contributed by atoms with van der Waals surface area (Å²) in [5, 5.41) is 37.6. The monoisotopic (exact) mass is 299 g/mol. The zero-order valence-corrected chi connectivity index (χ0v) is 10.2. The van der Waals surface area contributed by atoms with Crippen LogP contribution in [-0.4, -0.2) is 50.2 Å². The molecule has 0 unspecified atom stereocenters. The third-order valence-corrected chi connectivity index (χ3v) is 2.42. The molecule has 10 nitrogen and oxygen atoms in total. The van der Waals surface area contributed by atoms with Gasteiger partial charge in [-0.25, -0.2) is 9.59 Å². The number of carboxylic acids is 1. The van der Waals surface area contributed by atoms with Crippen molar-refractivity contribution in [1.29, 1.82) is 0 Å². The minimum Gasteiger partial charge on any atom is -0.479 e. The van der Waals surface area contributed by atoms with Crippen LogP contribution in [0.3, 0.4) is 0 Å². The highest BCUT2D eigenvalue weighted by Gasteiger charge is 2.49. The maximum Gasteiger partial charge on any atom is 0.354 e. The van der Waals surface area contributed by atoms with Gasteiger partial charge < -0.3 is 20.1 Å². The van der Waals surface area contributed by atoms with Crippen molar-refractivity contribution in [3.8, 4) is 5.75 Å². The molecule has 21 heavy (non-hydrogen) atoms. The Morgan fingerprint density at radius 2 is 1.86 bits per heavy atom. The maximum atomic E-state index is 11.6. The second-order valence-corrected chi connectivity index (χ2v) is 3.82. The van der Waals surface area contributed by atoms with Gasteiger partial charge in [0, 0.05) is 12.1 Å². The van der Waals surface area contributed by atoms with Gasteiger partial charge in [-0.15, -0.1) is 0 Å². The minimum atomic E-state index is -3.30. The number of hydrogen-bond donors (Lipinski definition) is 3. The Morgan fingerprint density at radius 1 is 1.33 bits per heavy atom. The molecule has 0 amide bonds. The average Bonchev–Trinajstić information content (AvgIpc) is 2.45. The zero-order chi connectivity index (χ0) is 16.2. The Morgan fingerprint density at radius 3 is 2.24 bits per heavy atom. The van der Waals surface area contributed by atoms with Gasteiger partial charge in [-0.05, 0) is 12.1 Å². The number of carbonyl (C=O) groups excluding carboxylic acids is 2. The molecule has 0 radical (unpaired) electrons. The number of nitro groups is 1. The van der Waals surface area contributed by atoms with Crippen LogP contribution >= 0.6 is 0 Å². The van der Waals surface area contributed by atoms with E-state index in [0.717, 1.165) is 24.3 Å². The number of hydrogen-bond acceptors (Lipinski definition) is 8. The molecule has 1 aromatic carbocycles. The summed E-state index contributed by atoms with van der Waals surface area (Å²) in [7, 11) is 0. The summed E-state index contributed by atoms with van der Waals surface area (Å²) in [6.07, 6.45) is -3.19. The van der Waals surface area contributed by atoms with Crippen LogP contribution in [0.25, 0.3) is 0 Å². The van der Waals surface area contributed by atoms with Crippen LogP contribution < -0.4 is 4.74 Å². The molecular formula is C11H9NO9. The fourth-order valence-electron chi connectivity index (χ4n) is 1.24. The number of ether oxygens (including phenoxy) is 1. The molecule has 0 spiro atoms. The summed E-state index contributed by atoms with van der Waals surface area (Å²) in [5.74, 6) is -4.03. The molecule has 2 atom stereocenters. The zero-order valence-electron chi connectivity index (χ0n) is 10.2. The second kappa shape index (κ2) is 6.07. The van der Waals surface area contributed by atoms with Gasteiger partial charge in [0.25, 0.3) is 11.3 Å². The second-order valence-electron chi connectivity index (χ2n) is 3.82. The fourth-order valence-corrected chi connectivity index (χ4v) is 1.24.